The molecule has 0 spiro atoms. The number of thiophene rings is 1. The van der Waals surface area contributed by atoms with Gasteiger partial charge in [0.05, 0.1) is 16.0 Å². The highest BCUT2D eigenvalue weighted by Crippen LogP contribution is 2.37. The molecule has 0 bridgehead atoms. The molecule has 0 unspecified atom stereocenters. The molecule has 2 heterocycles. The molecule has 6 nitrogen and oxygen atoms in total. The van der Waals surface area contributed by atoms with Gasteiger partial charge in [0.1, 0.15) is 4.83 Å². The summed E-state index contributed by atoms with van der Waals surface area (Å²) in [7, 11) is 0. The Bertz CT molecular complexity index is 908. The molecular formula is C17H23N3O3S. The summed E-state index contributed by atoms with van der Waals surface area (Å²) < 4.78 is 1.65. The van der Waals surface area contributed by atoms with E-state index in [1.807, 2.05) is 20.8 Å². The lowest BCUT2D eigenvalue weighted by atomic mass is 9.89. The zero-order valence-corrected chi connectivity index (χ0v) is 15.1. The van der Waals surface area contributed by atoms with Crippen molar-refractivity contribution in [2.45, 2.75) is 58.9 Å². The molecule has 1 saturated carbocycles. The van der Waals surface area contributed by atoms with Crippen molar-refractivity contribution in [3.63, 3.8) is 0 Å². The number of nitrogens with one attached hydrogen (secondary N) is 1. The summed E-state index contributed by atoms with van der Waals surface area (Å²) in [6, 6.07) is 0.0567. The Labute approximate surface area is 143 Å². The molecule has 7 heteroatoms. The predicted octanol–water partition coefficient (Wildman–Crippen LogP) is 3.07. The number of nitrogen functional groups attached to an aromatic ring is 1. The quantitative estimate of drug-likeness (QED) is 0.814. The normalized spacial score (nSPS) is 16.6. The first-order valence-corrected chi connectivity index (χ1v) is 9.15. The number of carbonyl (C=O) groups excluding carboxylic acids is 1. The van der Waals surface area contributed by atoms with Crippen molar-refractivity contribution in [1.82, 2.24) is 9.55 Å². The fourth-order valence-corrected chi connectivity index (χ4v) is 4.75. The monoisotopic (exact) mass is 349 g/mol. The van der Waals surface area contributed by atoms with Gasteiger partial charge in [0.25, 0.3) is 5.56 Å². The van der Waals surface area contributed by atoms with Crippen LogP contribution in [0.25, 0.3) is 10.2 Å². The number of carbonyl (C=O) groups is 1. The number of ketones is 1. The van der Waals surface area contributed by atoms with Crippen LogP contribution in [-0.2, 0) is 0 Å². The van der Waals surface area contributed by atoms with Crippen LogP contribution in [0.4, 0.5) is 5.69 Å². The summed E-state index contributed by atoms with van der Waals surface area (Å²) in [6.45, 7) is 5.45. The molecule has 2 aromatic rings. The number of H-pyrrole nitrogens is 1. The molecular weight excluding hydrogens is 326 g/mol. The Morgan fingerprint density at radius 1 is 1.21 bits per heavy atom. The van der Waals surface area contributed by atoms with Gasteiger partial charge in [-0.15, -0.1) is 11.3 Å². The number of nitrogens with zero attached hydrogens (tertiary/aromatic N) is 1. The van der Waals surface area contributed by atoms with E-state index in [0.717, 1.165) is 32.1 Å². The Kier molecular flexibility index (Phi) is 4.15. The molecule has 1 aliphatic carbocycles. The van der Waals surface area contributed by atoms with E-state index >= 15 is 0 Å². The number of aromatic amines is 1. The molecule has 3 N–H and O–H groups in total. The van der Waals surface area contributed by atoms with Crippen molar-refractivity contribution < 1.29 is 4.79 Å². The third kappa shape index (κ3) is 2.70. The van der Waals surface area contributed by atoms with Crippen LogP contribution in [0.2, 0.25) is 0 Å². The number of nitrogens with two attached hydrogens (primary N) is 1. The van der Waals surface area contributed by atoms with E-state index in [-0.39, 0.29) is 22.9 Å². The molecule has 0 saturated heterocycles. The van der Waals surface area contributed by atoms with Gasteiger partial charge < -0.3 is 5.73 Å². The summed E-state index contributed by atoms with van der Waals surface area (Å²) in [5.74, 6) is -0.108. The lowest BCUT2D eigenvalue weighted by Crippen LogP contribution is -2.33. The van der Waals surface area contributed by atoms with Gasteiger partial charge in [-0.1, -0.05) is 40.0 Å². The van der Waals surface area contributed by atoms with Crippen LogP contribution in [0.3, 0.4) is 0 Å². The molecule has 1 aliphatic rings. The van der Waals surface area contributed by atoms with Crippen molar-refractivity contribution in [2.75, 3.05) is 5.73 Å². The maximum atomic E-state index is 12.7. The molecule has 2 aromatic heterocycles. The van der Waals surface area contributed by atoms with Gasteiger partial charge in [-0.2, -0.15) is 0 Å². The summed E-state index contributed by atoms with van der Waals surface area (Å²) in [6.07, 6.45) is 5.10. The lowest BCUT2D eigenvalue weighted by Gasteiger charge is -2.24. The van der Waals surface area contributed by atoms with Crippen molar-refractivity contribution >= 4 is 33.0 Å². The summed E-state index contributed by atoms with van der Waals surface area (Å²) in [5.41, 5.74) is 4.82. The zero-order valence-electron chi connectivity index (χ0n) is 14.3. The topological polar surface area (TPSA) is 98.0 Å². The van der Waals surface area contributed by atoms with Gasteiger partial charge in [0, 0.05) is 11.5 Å². The fraction of sp³-hybridized carbons (Fsp3) is 0.588. The number of rotatable bonds is 2. The number of hydrogen-bond acceptors (Lipinski definition) is 5. The minimum Gasteiger partial charge on any atom is -0.397 e. The molecule has 0 aromatic carbocycles. The Morgan fingerprint density at radius 2 is 1.83 bits per heavy atom. The van der Waals surface area contributed by atoms with E-state index in [1.165, 1.54) is 11.3 Å². The average molecular weight is 349 g/mol. The van der Waals surface area contributed by atoms with Gasteiger partial charge in [-0.3, -0.25) is 19.1 Å². The standard InChI is InChI=1S/C17H23N3O3S/c1-17(2,3)13(21)12-11(18)10-14(22)19-16(23)20(15(10)24-12)9-7-5-4-6-8-9/h9H,4-8,18H2,1-3H3,(H,19,22,23). The van der Waals surface area contributed by atoms with Crippen LogP contribution in [0.5, 0.6) is 0 Å². The van der Waals surface area contributed by atoms with Crippen LogP contribution in [0.1, 0.15) is 68.6 Å². The van der Waals surface area contributed by atoms with Crippen molar-refractivity contribution in [1.29, 1.82) is 0 Å². The van der Waals surface area contributed by atoms with E-state index in [2.05, 4.69) is 4.98 Å². The van der Waals surface area contributed by atoms with Crippen LogP contribution in [0.15, 0.2) is 9.59 Å². The van der Waals surface area contributed by atoms with Crippen LogP contribution in [-0.4, -0.2) is 15.3 Å². The minimum absolute atomic E-state index is 0.0567. The molecule has 24 heavy (non-hydrogen) atoms. The Balaban J connectivity index is 2.29. The Hall–Kier alpha value is -1.89. The second-order valence-corrected chi connectivity index (χ2v) is 8.52. The molecule has 3 rings (SSSR count). The zero-order chi connectivity index (χ0) is 17.6. The lowest BCUT2D eigenvalue weighted by molar-refractivity contribution is 0.0863. The molecule has 0 radical (unpaired) electrons. The van der Waals surface area contributed by atoms with Crippen molar-refractivity contribution in [2.24, 2.45) is 5.41 Å². The van der Waals surface area contributed by atoms with Crippen LogP contribution in [0, 0.1) is 5.41 Å². The summed E-state index contributed by atoms with van der Waals surface area (Å²) in [4.78, 5) is 40.7. The largest absolute Gasteiger partial charge is 0.397 e. The van der Waals surface area contributed by atoms with E-state index in [9.17, 15) is 14.4 Å². The summed E-state index contributed by atoms with van der Waals surface area (Å²) in [5, 5.41) is 0.276. The summed E-state index contributed by atoms with van der Waals surface area (Å²) >= 11 is 1.18. The number of fused-ring (bicyclic) bond motifs is 1. The Morgan fingerprint density at radius 3 is 2.42 bits per heavy atom. The first kappa shape index (κ1) is 17.0. The molecule has 1 fully saturated rings. The smallest absolute Gasteiger partial charge is 0.329 e. The third-order valence-corrected chi connectivity index (χ3v) is 5.84. The van der Waals surface area contributed by atoms with Crippen molar-refractivity contribution in [3.8, 4) is 0 Å². The first-order valence-electron chi connectivity index (χ1n) is 8.33. The van der Waals surface area contributed by atoms with Crippen molar-refractivity contribution in [3.05, 3.63) is 25.7 Å². The highest BCUT2D eigenvalue weighted by molar-refractivity contribution is 7.21. The number of Topliss-reactive ketones (excluding diaryl/α,β-unsaturated/α-hetero) is 1. The maximum Gasteiger partial charge on any atom is 0.329 e. The highest BCUT2D eigenvalue weighted by Gasteiger charge is 2.30. The minimum atomic E-state index is -0.599. The van der Waals surface area contributed by atoms with Gasteiger partial charge in [-0.25, -0.2) is 4.79 Å². The molecule has 0 aliphatic heterocycles. The molecule has 0 amide bonds. The fourth-order valence-electron chi connectivity index (χ4n) is 3.31. The SMILES string of the molecule is CC(C)(C)C(=O)c1sc2c(c1N)c(=O)[nH]c(=O)n2C1CCCCC1. The molecule has 0 atom stereocenters. The molecule has 130 valence electrons. The highest BCUT2D eigenvalue weighted by atomic mass is 32.1. The second kappa shape index (κ2) is 5.88. The van der Waals surface area contributed by atoms with Gasteiger partial charge in [0.15, 0.2) is 5.78 Å². The first-order chi connectivity index (χ1) is 11.2. The number of hydrogen-bond donors (Lipinski definition) is 2. The van der Waals surface area contributed by atoms with Crippen LogP contribution < -0.4 is 17.0 Å². The van der Waals surface area contributed by atoms with E-state index < -0.39 is 16.7 Å². The van der Waals surface area contributed by atoms with Gasteiger partial charge in [0.2, 0.25) is 0 Å². The second-order valence-electron chi connectivity index (χ2n) is 7.53. The van der Waals surface area contributed by atoms with E-state index in [1.54, 1.807) is 4.57 Å². The number of aromatic nitrogens is 2. The van der Waals surface area contributed by atoms with E-state index in [0.29, 0.717) is 9.71 Å². The average Bonchev–Trinajstić information content (AvgIpc) is 2.84. The van der Waals surface area contributed by atoms with E-state index in [4.69, 9.17) is 5.73 Å². The van der Waals surface area contributed by atoms with Gasteiger partial charge in [-0.05, 0) is 12.8 Å². The third-order valence-electron chi connectivity index (χ3n) is 4.64. The van der Waals surface area contributed by atoms with Gasteiger partial charge >= 0.3 is 5.69 Å². The number of anilines is 1. The van der Waals surface area contributed by atoms with Crippen LogP contribution >= 0.6 is 11.3 Å². The maximum absolute atomic E-state index is 12.7. The predicted molar refractivity (Wildman–Crippen MR) is 97.0 cm³/mol.